The average Bonchev–Trinajstić information content (AvgIpc) is 2.83. The Morgan fingerprint density at radius 2 is 1.76 bits per heavy atom. The number of rotatable bonds is 7. The zero-order valence-corrected chi connectivity index (χ0v) is 22.9. The molecule has 190 valence electrons. The highest BCUT2D eigenvalue weighted by Gasteiger charge is 2.37. The maximum atomic E-state index is 13.3. The summed E-state index contributed by atoms with van der Waals surface area (Å²) < 4.78 is 12.3. The molecule has 0 aromatic heterocycles. The predicted molar refractivity (Wildman–Crippen MR) is 146 cm³/mol. The molecule has 0 bridgehead atoms. The van der Waals surface area contributed by atoms with E-state index in [1.807, 2.05) is 19.1 Å². The van der Waals surface area contributed by atoms with E-state index in [0.717, 1.165) is 10.5 Å². The quantitative estimate of drug-likeness (QED) is 0.240. The minimum atomic E-state index is -0.849. The molecule has 0 unspecified atom stereocenters. The number of aryl methyl sites for hydroxylation is 1. The fraction of sp³-hybridized carbons (Fsp3) is 0.148. The molecule has 3 aromatic rings. The van der Waals surface area contributed by atoms with E-state index in [4.69, 9.17) is 32.7 Å². The molecule has 4 amide bonds. The molecule has 4 rings (SSSR count). The van der Waals surface area contributed by atoms with Gasteiger partial charge < -0.3 is 9.47 Å². The molecular formula is C27H21BrCl2N2O5. The van der Waals surface area contributed by atoms with Crippen LogP contribution in [0.4, 0.5) is 10.5 Å². The standard InChI is InChI=1S/C27H21BrCl2N2O5/c1-3-36-23-12-17(11-21(28)24(23)37-14-16-5-4-6-18(29)9-16)10-20-25(33)31-27(35)32(26(20)34)22-13-19(30)8-7-15(22)2/h4-13H,3,14H2,1-2H3,(H,31,33,35)/b20-10+. The molecule has 1 aliphatic heterocycles. The third-order valence-corrected chi connectivity index (χ3v) is 6.49. The SMILES string of the molecule is CCOc1cc(/C=C2\C(=O)NC(=O)N(c3cc(Cl)ccc3C)C2=O)cc(Br)c1OCc1cccc(Cl)c1. The monoisotopic (exact) mass is 602 g/mol. The van der Waals surface area contributed by atoms with E-state index in [9.17, 15) is 14.4 Å². The third-order valence-electron chi connectivity index (χ3n) is 5.43. The van der Waals surface area contributed by atoms with Gasteiger partial charge >= 0.3 is 6.03 Å². The fourth-order valence-corrected chi connectivity index (χ4v) is 4.68. The van der Waals surface area contributed by atoms with Gasteiger partial charge in [0.2, 0.25) is 0 Å². The van der Waals surface area contributed by atoms with Crippen LogP contribution in [0.2, 0.25) is 10.0 Å². The van der Waals surface area contributed by atoms with Gasteiger partial charge in [0.25, 0.3) is 11.8 Å². The molecule has 1 heterocycles. The van der Waals surface area contributed by atoms with Gasteiger partial charge in [0, 0.05) is 10.0 Å². The Morgan fingerprint density at radius 1 is 1.00 bits per heavy atom. The van der Waals surface area contributed by atoms with Crippen molar-refractivity contribution in [2.45, 2.75) is 20.5 Å². The normalized spacial score (nSPS) is 14.7. The van der Waals surface area contributed by atoms with Crippen molar-refractivity contribution < 1.29 is 23.9 Å². The van der Waals surface area contributed by atoms with Gasteiger partial charge in [0.15, 0.2) is 11.5 Å². The van der Waals surface area contributed by atoms with Crippen molar-refractivity contribution in [3.63, 3.8) is 0 Å². The van der Waals surface area contributed by atoms with Crippen LogP contribution in [0.5, 0.6) is 11.5 Å². The topological polar surface area (TPSA) is 84.9 Å². The van der Waals surface area contributed by atoms with Crippen LogP contribution in [0, 0.1) is 6.92 Å². The molecular weight excluding hydrogens is 583 g/mol. The summed E-state index contributed by atoms with van der Waals surface area (Å²) >= 11 is 15.7. The largest absolute Gasteiger partial charge is 0.490 e. The van der Waals surface area contributed by atoms with Crippen LogP contribution in [0.3, 0.4) is 0 Å². The van der Waals surface area contributed by atoms with Crippen molar-refractivity contribution in [2.75, 3.05) is 11.5 Å². The van der Waals surface area contributed by atoms with Crippen LogP contribution in [0.1, 0.15) is 23.6 Å². The highest BCUT2D eigenvalue weighted by Crippen LogP contribution is 2.38. The Balaban J connectivity index is 1.68. The van der Waals surface area contributed by atoms with Gasteiger partial charge in [0.1, 0.15) is 12.2 Å². The molecule has 1 aliphatic rings. The van der Waals surface area contributed by atoms with Crippen LogP contribution in [-0.4, -0.2) is 24.5 Å². The zero-order chi connectivity index (χ0) is 26.7. The second kappa shape index (κ2) is 11.4. The number of ether oxygens (including phenoxy) is 2. The van der Waals surface area contributed by atoms with Crippen molar-refractivity contribution in [3.8, 4) is 11.5 Å². The number of imide groups is 2. The van der Waals surface area contributed by atoms with E-state index in [1.165, 1.54) is 12.1 Å². The smallest absolute Gasteiger partial charge is 0.335 e. The first-order chi connectivity index (χ1) is 17.7. The molecule has 10 heteroatoms. The summed E-state index contributed by atoms with van der Waals surface area (Å²) in [6.45, 7) is 4.17. The Labute approximate surface area is 232 Å². The molecule has 0 saturated carbocycles. The molecule has 1 fully saturated rings. The molecule has 3 aromatic carbocycles. The first-order valence-electron chi connectivity index (χ1n) is 11.2. The summed E-state index contributed by atoms with van der Waals surface area (Å²) in [6.07, 6.45) is 1.39. The van der Waals surface area contributed by atoms with Gasteiger partial charge in [-0.2, -0.15) is 0 Å². The number of benzene rings is 3. The number of halogens is 3. The number of nitrogens with one attached hydrogen (secondary N) is 1. The van der Waals surface area contributed by atoms with Gasteiger partial charge in [-0.1, -0.05) is 41.4 Å². The number of barbiturate groups is 1. The van der Waals surface area contributed by atoms with Crippen molar-refractivity contribution in [1.82, 2.24) is 5.32 Å². The van der Waals surface area contributed by atoms with Crippen molar-refractivity contribution >= 4 is 68.7 Å². The van der Waals surface area contributed by atoms with E-state index >= 15 is 0 Å². The molecule has 7 nitrogen and oxygen atoms in total. The molecule has 0 aliphatic carbocycles. The summed E-state index contributed by atoms with van der Waals surface area (Å²) in [4.78, 5) is 39.4. The number of hydrogen-bond acceptors (Lipinski definition) is 5. The molecule has 0 spiro atoms. The van der Waals surface area contributed by atoms with Gasteiger partial charge in [-0.25, -0.2) is 9.69 Å². The first kappa shape index (κ1) is 26.7. The van der Waals surface area contributed by atoms with E-state index < -0.39 is 17.8 Å². The van der Waals surface area contributed by atoms with Crippen LogP contribution < -0.4 is 19.7 Å². The lowest BCUT2D eigenvalue weighted by Crippen LogP contribution is -2.54. The van der Waals surface area contributed by atoms with Gasteiger partial charge in [-0.05, 0) is 88.9 Å². The number of anilines is 1. The number of amides is 4. The van der Waals surface area contributed by atoms with Gasteiger partial charge in [-0.3, -0.25) is 14.9 Å². The molecule has 1 saturated heterocycles. The summed E-state index contributed by atoms with van der Waals surface area (Å²) in [7, 11) is 0. The lowest BCUT2D eigenvalue weighted by molar-refractivity contribution is -0.122. The minimum Gasteiger partial charge on any atom is -0.490 e. The Bertz CT molecular complexity index is 1440. The number of carbonyl (C=O) groups is 3. The maximum absolute atomic E-state index is 13.3. The van der Waals surface area contributed by atoms with E-state index in [2.05, 4.69) is 21.2 Å². The lowest BCUT2D eigenvalue weighted by Gasteiger charge is -2.27. The number of carbonyl (C=O) groups excluding carboxylic acids is 3. The average molecular weight is 604 g/mol. The highest BCUT2D eigenvalue weighted by atomic mass is 79.9. The second-order valence-corrected chi connectivity index (χ2v) is 9.80. The van der Waals surface area contributed by atoms with Crippen LogP contribution in [-0.2, 0) is 16.2 Å². The van der Waals surface area contributed by atoms with Crippen molar-refractivity contribution in [2.24, 2.45) is 0 Å². The van der Waals surface area contributed by atoms with Crippen LogP contribution in [0.15, 0.2) is 64.6 Å². The first-order valence-corrected chi connectivity index (χ1v) is 12.7. The van der Waals surface area contributed by atoms with E-state index in [1.54, 1.807) is 43.3 Å². The second-order valence-electron chi connectivity index (χ2n) is 8.07. The van der Waals surface area contributed by atoms with E-state index in [0.29, 0.717) is 43.8 Å². The molecule has 0 atom stereocenters. The van der Waals surface area contributed by atoms with Crippen molar-refractivity contribution in [3.05, 3.63) is 91.4 Å². The maximum Gasteiger partial charge on any atom is 0.335 e. The number of hydrogen-bond donors (Lipinski definition) is 1. The summed E-state index contributed by atoms with van der Waals surface area (Å²) in [6, 6.07) is 14.6. The minimum absolute atomic E-state index is 0.221. The lowest BCUT2D eigenvalue weighted by atomic mass is 10.1. The summed E-state index contributed by atoms with van der Waals surface area (Å²) in [5.74, 6) is -0.710. The fourth-order valence-electron chi connectivity index (χ4n) is 3.72. The summed E-state index contributed by atoms with van der Waals surface area (Å²) in [5.41, 5.74) is 2.07. The Kier molecular flexibility index (Phi) is 8.22. The van der Waals surface area contributed by atoms with Crippen molar-refractivity contribution in [1.29, 1.82) is 0 Å². The number of nitrogens with zero attached hydrogens (tertiary/aromatic N) is 1. The van der Waals surface area contributed by atoms with Gasteiger partial charge in [-0.15, -0.1) is 0 Å². The number of urea groups is 1. The third kappa shape index (κ3) is 5.98. The van der Waals surface area contributed by atoms with Crippen LogP contribution in [0.25, 0.3) is 6.08 Å². The van der Waals surface area contributed by atoms with Crippen LogP contribution >= 0.6 is 39.1 Å². The summed E-state index contributed by atoms with van der Waals surface area (Å²) in [5, 5.41) is 3.17. The zero-order valence-electron chi connectivity index (χ0n) is 19.8. The Hall–Kier alpha value is -3.33. The van der Waals surface area contributed by atoms with E-state index in [-0.39, 0.29) is 17.9 Å². The van der Waals surface area contributed by atoms with Gasteiger partial charge in [0.05, 0.1) is 16.8 Å². The Morgan fingerprint density at radius 3 is 2.49 bits per heavy atom. The predicted octanol–water partition coefficient (Wildman–Crippen LogP) is 6.71. The molecule has 1 N–H and O–H groups in total. The molecule has 37 heavy (non-hydrogen) atoms. The highest BCUT2D eigenvalue weighted by molar-refractivity contribution is 9.10. The molecule has 0 radical (unpaired) electrons.